The maximum Gasteiger partial charge on any atom is 0.152 e. The van der Waals surface area contributed by atoms with Crippen LogP contribution in [0.25, 0.3) is 0 Å². The lowest BCUT2D eigenvalue weighted by atomic mass is 10.1. The van der Waals surface area contributed by atoms with Gasteiger partial charge in [-0.2, -0.15) is 0 Å². The van der Waals surface area contributed by atoms with Crippen LogP contribution in [-0.4, -0.2) is 5.78 Å². The van der Waals surface area contributed by atoms with E-state index in [0.717, 1.165) is 11.1 Å². The van der Waals surface area contributed by atoms with Crippen LogP contribution in [0, 0.1) is 0 Å². The Morgan fingerprint density at radius 1 is 1.10 bits per heavy atom. The zero-order chi connectivity index (χ0) is 8.15. The minimum Gasteiger partial charge on any atom is -0.295 e. The standard InChI is InChI=1S/C9H14O/c1-5-7(2)8(3)6-9(4)10/h5-6H,1-4H3/b7-5-,8-6-. The quantitative estimate of drug-likeness (QED) is 0.423. The Morgan fingerprint density at radius 2 is 1.60 bits per heavy atom. The van der Waals surface area contributed by atoms with Crippen molar-refractivity contribution in [1.29, 1.82) is 0 Å². The van der Waals surface area contributed by atoms with Gasteiger partial charge in [0.25, 0.3) is 0 Å². The van der Waals surface area contributed by atoms with Crippen molar-refractivity contribution >= 4 is 5.78 Å². The Kier molecular flexibility index (Phi) is 3.70. The van der Waals surface area contributed by atoms with Gasteiger partial charge in [0, 0.05) is 0 Å². The molecule has 56 valence electrons. The highest BCUT2D eigenvalue weighted by Gasteiger charge is 1.91. The summed E-state index contributed by atoms with van der Waals surface area (Å²) in [5, 5.41) is 0. The van der Waals surface area contributed by atoms with Crippen LogP contribution in [0.5, 0.6) is 0 Å². The van der Waals surface area contributed by atoms with E-state index < -0.39 is 0 Å². The second-order valence-corrected chi connectivity index (χ2v) is 2.41. The summed E-state index contributed by atoms with van der Waals surface area (Å²) in [6, 6.07) is 0. The summed E-state index contributed by atoms with van der Waals surface area (Å²) < 4.78 is 0. The second-order valence-electron chi connectivity index (χ2n) is 2.41. The highest BCUT2D eigenvalue weighted by atomic mass is 16.1. The van der Waals surface area contributed by atoms with Crippen molar-refractivity contribution < 1.29 is 4.79 Å². The molecule has 0 unspecified atom stereocenters. The number of hydrogen-bond donors (Lipinski definition) is 0. The molecule has 0 aliphatic rings. The van der Waals surface area contributed by atoms with Crippen molar-refractivity contribution in [2.45, 2.75) is 27.7 Å². The molecule has 0 saturated carbocycles. The lowest BCUT2D eigenvalue weighted by molar-refractivity contribution is -0.112. The summed E-state index contributed by atoms with van der Waals surface area (Å²) in [6.07, 6.45) is 3.64. The first kappa shape index (κ1) is 9.15. The Morgan fingerprint density at radius 3 is 1.90 bits per heavy atom. The van der Waals surface area contributed by atoms with E-state index in [0.29, 0.717) is 0 Å². The van der Waals surface area contributed by atoms with Gasteiger partial charge in [0.15, 0.2) is 5.78 Å². The third kappa shape index (κ3) is 3.23. The van der Waals surface area contributed by atoms with E-state index in [4.69, 9.17) is 0 Å². The molecular weight excluding hydrogens is 124 g/mol. The molecule has 0 rings (SSSR count). The first-order chi connectivity index (χ1) is 4.57. The van der Waals surface area contributed by atoms with Gasteiger partial charge in [-0.15, -0.1) is 0 Å². The van der Waals surface area contributed by atoms with Gasteiger partial charge in [0.2, 0.25) is 0 Å². The highest BCUT2D eigenvalue weighted by Crippen LogP contribution is 2.06. The lowest BCUT2D eigenvalue weighted by Crippen LogP contribution is -1.86. The third-order valence-corrected chi connectivity index (χ3v) is 1.47. The molecule has 0 N–H and O–H groups in total. The van der Waals surface area contributed by atoms with Gasteiger partial charge < -0.3 is 0 Å². The summed E-state index contributed by atoms with van der Waals surface area (Å²) in [6.45, 7) is 7.46. The van der Waals surface area contributed by atoms with E-state index in [2.05, 4.69) is 0 Å². The fourth-order valence-corrected chi connectivity index (χ4v) is 0.646. The van der Waals surface area contributed by atoms with Gasteiger partial charge in [0.05, 0.1) is 0 Å². The molecule has 0 radical (unpaired) electrons. The fourth-order valence-electron chi connectivity index (χ4n) is 0.646. The number of hydrogen-bond acceptors (Lipinski definition) is 1. The van der Waals surface area contributed by atoms with Gasteiger partial charge >= 0.3 is 0 Å². The lowest BCUT2D eigenvalue weighted by Gasteiger charge is -1.96. The monoisotopic (exact) mass is 138 g/mol. The smallest absolute Gasteiger partial charge is 0.152 e. The predicted molar refractivity (Wildman–Crippen MR) is 43.9 cm³/mol. The number of ketones is 1. The molecule has 0 aromatic heterocycles. The van der Waals surface area contributed by atoms with Crippen molar-refractivity contribution in [3.63, 3.8) is 0 Å². The van der Waals surface area contributed by atoms with E-state index in [9.17, 15) is 4.79 Å². The van der Waals surface area contributed by atoms with Crippen LogP contribution in [0.4, 0.5) is 0 Å². The van der Waals surface area contributed by atoms with Gasteiger partial charge in [-0.1, -0.05) is 11.6 Å². The van der Waals surface area contributed by atoms with Crippen LogP contribution in [0.1, 0.15) is 27.7 Å². The van der Waals surface area contributed by atoms with E-state index >= 15 is 0 Å². The van der Waals surface area contributed by atoms with E-state index in [1.807, 2.05) is 26.8 Å². The highest BCUT2D eigenvalue weighted by molar-refractivity contribution is 5.88. The molecule has 0 saturated heterocycles. The van der Waals surface area contributed by atoms with Gasteiger partial charge in [-0.05, 0) is 39.3 Å². The molecule has 0 spiro atoms. The normalized spacial score (nSPS) is 13.6. The molecule has 0 aliphatic heterocycles. The zero-order valence-corrected chi connectivity index (χ0v) is 7.06. The minimum atomic E-state index is 0.110. The SMILES string of the molecule is C/C=C(C)\C(C)=C/C(C)=O. The summed E-state index contributed by atoms with van der Waals surface area (Å²) in [7, 11) is 0. The van der Waals surface area contributed by atoms with E-state index in [1.165, 1.54) is 0 Å². The van der Waals surface area contributed by atoms with Crippen molar-refractivity contribution in [3.05, 3.63) is 23.3 Å². The van der Waals surface area contributed by atoms with Crippen molar-refractivity contribution in [1.82, 2.24) is 0 Å². The summed E-state index contributed by atoms with van der Waals surface area (Å²) in [5.41, 5.74) is 2.21. The molecule has 0 aromatic carbocycles. The zero-order valence-electron chi connectivity index (χ0n) is 7.06. The molecule has 0 atom stereocenters. The maximum atomic E-state index is 10.6. The molecule has 1 heteroatoms. The van der Waals surface area contributed by atoms with Crippen LogP contribution >= 0.6 is 0 Å². The molecule has 0 bridgehead atoms. The maximum absolute atomic E-state index is 10.6. The van der Waals surface area contributed by atoms with Crippen molar-refractivity contribution in [3.8, 4) is 0 Å². The topological polar surface area (TPSA) is 17.1 Å². The summed E-state index contributed by atoms with van der Waals surface area (Å²) >= 11 is 0. The van der Waals surface area contributed by atoms with Crippen molar-refractivity contribution in [2.24, 2.45) is 0 Å². The van der Waals surface area contributed by atoms with Crippen LogP contribution < -0.4 is 0 Å². The minimum absolute atomic E-state index is 0.110. The van der Waals surface area contributed by atoms with Gasteiger partial charge in [0.1, 0.15) is 0 Å². The number of allylic oxidation sites excluding steroid dienone is 4. The van der Waals surface area contributed by atoms with Gasteiger partial charge in [-0.3, -0.25) is 4.79 Å². The molecule has 10 heavy (non-hydrogen) atoms. The molecular formula is C9H14O. The molecule has 0 fully saturated rings. The van der Waals surface area contributed by atoms with Crippen molar-refractivity contribution in [2.75, 3.05) is 0 Å². The molecule has 0 heterocycles. The predicted octanol–water partition coefficient (Wildman–Crippen LogP) is 2.49. The Bertz CT molecular complexity index is 185. The molecule has 0 amide bonds. The Balaban J connectivity index is 4.35. The van der Waals surface area contributed by atoms with E-state index in [1.54, 1.807) is 13.0 Å². The molecule has 0 aromatic rings. The first-order valence-electron chi connectivity index (χ1n) is 3.40. The van der Waals surface area contributed by atoms with Crippen LogP contribution in [0.2, 0.25) is 0 Å². The largest absolute Gasteiger partial charge is 0.295 e. The average Bonchev–Trinajstić information content (AvgIpc) is 1.85. The fraction of sp³-hybridized carbons (Fsp3) is 0.444. The Labute approximate surface area is 62.4 Å². The second kappa shape index (κ2) is 4.04. The first-order valence-corrected chi connectivity index (χ1v) is 3.40. The van der Waals surface area contributed by atoms with Crippen LogP contribution in [0.15, 0.2) is 23.3 Å². The average molecular weight is 138 g/mol. The van der Waals surface area contributed by atoms with E-state index in [-0.39, 0.29) is 5.78 Å². The Hall–Kier alpha value is -0.850. The molecule has 0 aliphatic carbocycles. The summed E-state index contributed by atoms with van der Waals surface area (Å²) in [4.78, 5) is 10.6. The summed E-state index contributed by atoms with van der Waals surface area (Å²) in [5.74, 6) is 0.110. The third-order valence-electron chi connectivity index (χ3n) is 1.47. The number of carbonyl (C=O) groups is 1. The van der Waals surface area contributed by atoms with Crippen LogP contribution in [0.3, 0.4) is 0 Å². The number of rotatable bonds is 2. The van der Waals surface area contributed by atoms with Gasteiger partial charge in [-0.25, -0.2) is 0 Å². The number of carbonyl (C=O) groups excluding carboxylic acids is 1. The van der Waals surface area contributed by atoms with Crippen LogP contribution in [-0.2, 0) is 4.79 Å². The molecule has 1 nitrogen and oxygen atoms in total.